The van der Waals surface area contributed by atoms with Gasteiger partial charge < -0.3 is 10.1 Å². The number of benzene rings is 2. The van der Waals surface area contributed by atoms with Crippen molar-refractivity contribution in [3.8, 4) is 0 Å². The molecule has 0 aromatic heterocycles. The summed E-state index contributed by atoms with van der Waals surface area (Å²) in [5, 5.41) is 3.06. The topological polar surface area (TPSA) is 75.7 Å². The first-order valence-corrected chi connectivity index (χ1v) is 10.4. The van der Waals surface area contributed by atoms with Crippen LogP contribution in [0.15, 0.2) is 53.4 Å². The third-order valence-electron chi connectivity index (χ3n) is 4.47. The Labute approximate surface area is 164 Å². The van der Waals surface area contributed by atoms with Gasteiger partial charge in [0.1, 0.15) is 0 Å². The first-order chi connectivity index (χ1) is 12.9. The SMILES string of the molecule is CN(c1ccc(Cl)c(C(=O)NC[C@H]2CCCO2)c1)S(=O)(=O)c1ccccc1. The van der Waals surface area contributed by atoms with E-state index in [1.165, 1.54) is 31.3 Å². The Morgan fingerprint density at radius 2 is 2.00 bits per heavy atom. The molecule has 2 aromatic carbocycles. The Morgan fingerprint density at radius 1 is 1.26 bits per heavy atom. The fraction of sp³-hybridized carbons (Fsp3) is 0.316. The smallest absolute Gasteiger partial charge is 0.264 e. The van der Waals surface area contributed by atoms with Crippen LogP contribution in [0.2, 0.25) is 5.02 Å². The fourth-order valence-electron chi connectivity index (χ4n) is 2.88. The van der Waals surface area contributed by atoms with Gasteiger partial charge in [0.05, 0.1) is 27.3 Å². The average molecular weight is 409 g/mol. The molecule has 1 atom stereocenters. The maximum atomic E-state index is 12.8. The van der Waals surface area contributed by atoms with E-state index in [-0.39, 0.29) is 27.5 Å². The van der Waals surface area contributed by atoms with Crippen molar-refractivity contribution in [1.82, 2.24) is 5.32 Å². The summed E-state index contributed by atoms with van der Waals surface area (Å²) in [5.74, 6) is -0.358. The minimum Gasteiger partial charge on any atom is -0.376 e. The van der Waals surface area contributed by atoms with Gasteiger partial charge in [0.2, 0.25) is 0 Å². The van der Waals surface area contributed by atoms with Gasteiger partial charge in [-0.2, -0.15) is 0 Å². The lowest BCUT2D eigenvalue weighted by atomic mass is 10.1. The van der Waals surface area contributed by atoms with Gasteiger partial charge in [-0.05, 0) is 43.2 Å². The lowest BCUT2D eigenvalue weighted by Crippen LogP contribution is -2.32. The zero-order chi connectivity index (χ0) is 19.4. The molecule has 0 saturated carbocycles. The second-order valence-electron chi connectivity index (χ2n) is 6.29. The zero-order valence-electron chi connectivity index (χ0n) is 14.9. The molecule has 0 bridgehead atoms. The van der Waals surface area contributed by atoms with Crippen molar-refractivity contribution in [2.24, 2.45) is 0 Å². The molecule has 2 aromatic rings. The van der Waals surface area contributed by atoms with Crippen LogP contribution < -0.4 is 9.62 Å². The quantitative estimate of drug-likeness (QED) is 0.796. The number of ether oxygens (including phenoxy) is 1. The maximum absolute atomic E-state index is 12.8. The number of rotatable bonds is 6. The monoisotopic (exact) mass is 408 g/mol. The molecule has 1 fully saturated rings. The summed E-state index contributed by atoms with van der Waals surface area (Å²) in [4.78, 5) is 12.7. The third kappa shape index (κ3) is 4.43. The van der Waals surface area contributed by atoms with Crippen molar-refractivity contribution in [2.45, 2.75) is 23.8 Å². The largest absolute Gasteiger partial charge is 0.376 e. The van der Waals surface area contributed by atoms with Crippen molar-refractivity contribution in [2.75, 3.05) is 24.5 Å². The van der Waals surface area contributed by atoms with Crippen LogP contribution in [-0.2, 0) is 14.8 Å². The van der Waals surface area contributed by atoms with E-state index in [0.717, 1.165) is 17.1 Å². The molecule has 1 heterocycles. The number of halogens is 1. The molecule has 1 aliphatic heterocycles. The zero-order valence-corrected chi connectivity index (χ0v) is 16.5. The number of amides is 1. The summed E-state index contributed by atoms with van der Waals surface area (Å²) in [6.45, 7) is 1.11. The van der Waals surface area contributed by atoms with Crippen LogP contribution in [0.25, 0.3) is 0 Å². The third-order valence-corrected chi connectivity index (χ3v) is 6.60. The highest BCUT2D eigenvalue weighted by atomic mass is 35.5. The van der Waals surface area contributed by atoms with Crippen LogP contribution >= 0.6 is 11.6 Å². The first kappa shape index (κ1) is 19.7. The summed E-state index contributed by atoms with van der Waals surface area (Å²) in [6.07, 6.45) is 1.91. The molecule has 0 radical (unpaired) electrons. The van der Waals surface area contributed by atoms with E-state index in [0.29, 0.717) is 18.8 Å². The number of carbonyl (C=O) groups excluding carboxylic acids is 1. The summed E-state index contributed by atoms with van der Waals surface area (Å²) < 4.78 is 32.2. The molecular weight excluding hydrogens is 388 g/mol. The van der Waals surface area contributed by atoms with E-state index in [9.17, 15) is 13.2 Å². The standard InChI is InChI=1S/C19H21ClN2O4S/c1-22(27(24,25)16-7-3-2-4-8-16)14-9-10-18(20)17(12-14)19(23)21-13-15-6-5-11-26-15/h2-4,7-10,12,15H,5-6,11,13H2,1H3,(H,21,23)/t15-/m1/s1. The van der Waals surface area contributed by atoms with Gasteiger partial charge in [-0.25, -0.2) is 8.42 Å². The molecule has 27 heavy (non-hydrogen) atoms. The molecule has 8 heteroatoms. The average Bonchev–Trinajstić information content (AvgIpc) is 3.20. The number of carbonyl (C=O) groups is 1. The van der Waals surface area contributed by atoms with Gasteiger partial charge in [-0.15, -0.1) is 0 Å². The normalized spacial score (nSPS) is 16.9. The molecule has 0 aliphatic carbocycles. The summed E-state index contributed by atoms with van der Waals surface area (Å²) in [7, 11) is -2.29. The van der Waals surface area contributed by atoms with Gasteiger partial charge in [-0.1, -0.05) is 29.8 Å². The summed E-state index contributed by atoms with van der Waals surface area (Å²) in [6, 6.07) is 12.7. The van der Waals surface area contributed by atoms with E-state index >= 15 is 0 Å². The van der Waals surface area contributed by atoms with Gasteiger partial charge >= 0.3 is 0 Å². The van der Waals surface area contributed by atoms with Crippen molar-refractivity contribution in [3.05, 3.63) is 59.1 Å². The van der Waals surface area contributed by atoms with Crippen molar-refractivity contribution in [3.63, 3.8) is 0 Å². The van der Waals surface area contributed by atoms with Crippen LogP contribution in [-0.4, -0.2) is 40.6 Å². The molecule has 6 nitrogen and oxygen atoms in total. The lowest BCUT2D eigenvalue weighted by molar-refractivity contribution is 0.0858. The Morgan fingerprint density at radius 3 is 2.67 bits per heavy atom. The van der Waals surface area contributed by atoms with Gasteiger partial charge in [0, 0.05) is 20.2 Å². The number of anilines is 1. The maximum Gasteiger partial charge on any atom is 0.264 e. The van der Waals surface area contributed by atoms with E-state index in [4.69, 9.17) is 16.3 Å². The van der Waals surface area contributed by atoms with Crippen LogP contribution in [0.1, 0.15) is 23.2 Å². The predicted octanol–water partition coefficient (Wildman–Crippen LogP) is 3.07. The van der Waals surface area contributed by atoms with E-state index in [1.54, 1.807) is 24.3 Å². The van der Waals surface area contributed by atoms with Crippen LogP contribution in [0.5, 0.6) is 0 Å². The number of sulfonamides is 1. The molecule has 1 amide bonds. The summed E-state index contributed by atoms with van der Waals surface area (Å²) >= 11 is 6.16. The highest BCUT2D eigenvalue weighted by Crippen LogP contribution is 2.27. The molecule has 3 rings (SSSR count). The first-order valence-electron chi connectivity index (χ1n) is 8.63. The van der Waals surface area contributed by atoms with Gasteiger partial charge in [0.25, 0.3) is 15.9 Å². The van der Waals surface area contributed by atoms with E-state index < -0.39 is 10.0 Å². The Hall–Kier alpha value is -2.09. The highest BCUT2D eigenvalue weighted by molar-refractivity contribution is 7.92. The molecular formula is C19H21ClN2O4S. The Bertz CT molecular complexity index is 913. The van der Waals surface area contributed by atoms with Crippen LogP contribution in [0.3, 0.4) is 0 Å². The second kappa shape index (κ2) is 8.29. The molecule has 1 aliphatic rings. The molecule has 1 N–H and O–H groups in total. The van der Waals surface area contributed by atoms with Crippen molar-refractivity contribution in [1.29, 1.82) is 0 Å². The lowest BCUT2D eigenvalue weighted by Gasteiger charge is -2.20. The highest BCUT2D eigenvalue weighted by Gasteiger charge is 2.23. The van der Waals surface area contributed by atoms with Crippen LogP contribution in [0.4, 0.5) is 5.69 Å². The minimum atomic E-state index is -3.73. The van der Waals surface area contributed by atoms with E-state index in [2.05, 4.69) is 5.32 Å². The minimum absolute atomic E-state index is 0.0111. The van der Waals surface area contributed by atoms with E-state index in [1.807, 2.05) is 0 Å². The van der Waals surface area contributed by atoms with Gasteiger partial charge in [-0.3, -0.25) is 9.10 Å². The van der Waals surface area contributed by atoms with Crippen molar-refractivity contribution < 1.29 is 17.9 Å². The van der Waals surface area contributed by atoms with Gasteiger partial charge in [0.15, 0.2) is 0 Å². The Balaban J connectivity index is 1.80. The Kier molecular flexibility index (Phi) is 6.04. The number of nitrogens with zero attached hydrogens (tertiary/aromatic N) is 1. The number of nitrogens with one attached hydrogen (secondary N) is 1. The summed E-state index contributed by atoms with van der Waals surface area (Å²) in [5.41, 5.74) is 0.577. The van der Waals surface area contributed by atoms with Crippen molar-refractivity contribution >= 4 is 33.2 Å². The molecule has 1 saturated heterocycles. The number of hydrogen-bond acceptors (Lipinski definition) is 4. The fourth-order valence-corrected chi connectivity index (χ4v) is 4.29. The molecule has 0 spiro atoms. The van der Waals surface area contributed by atoms with Crippen LogP contribution in [0, 0.1) is 0 Å². The molecule has 0 unspecified atom stereocenters. The predicted molar refractivity (Wildman–Crippen MR) is 105 cm³/mol. The second-order valence-corrected chi connectivity index (χ2v) is 8.67. The number of hydrogen-bond donors (Lipinski definition) is 1. The molecule has 144 valence electrons.